The summed E-state index contributed by atoms with van der Waals surface area (Å²) in [4.78, 5) is 26.8. The maximum Gasteiger partial charge on any atom is 0.322 e. The molecule has 3 N–H and O–H groups in total. The fourth-order valence-electron chi connectivity index (χ4n) is 2.99. The maximum atomic E-state index is 12.2. The Balaban J connectivity index is 2.07. The van der Waals surface area contributed by atoms with E-state index in [1.165, 1.54) is 6.07 Å². The monoisotopic (exact) mass is 405 g/mol. The molecule has 0 aliphatic heterocycles. The predicted molar refractivity (Wildman–Crippen MR) is 109 cm³/mol. The smallest absolute Gasteiger partial charge is 0.322 e. The van der Waals surface area contributed by atoms with Crippen molar-refractivity contribution in [3.63, 3.8) is 0 Å². The number of pyridine rings is 1. The maximum absolute atomic E-state index is 12.2. The number of carbonyl (C=O) groups excluding carboxylic acids is 1. The third kappa shape index (κ3) is 3.86. The van der Waals surface area contributed by atoms with Gasteiger partial charge in [0.15, 0.2) is 11.4 Å². The standard InChI is InChI=1S/C22H19N3O5/c1-11-4-7-18(13(3)12(11)2)30-14-5-6-15-16(8-14)21(28)20(25-17(15)9-23)22(29)24-10-19(26)27/h4-8,28H,10H2,1-3H3,(H,24,29)(H,26,27). The van der Waals surface area contributed by atoms with Gasteiger partial charge in [0.2, 0.25) is 0 Å². The number of rotatable bonds is 5. The second-order valence-electron chi connectivity index (χ2n) is 6.79. The molecule has 0 atom stereocenters. The molecule has 0 fully saturated rings. The average molecular weight is 405 g/mol. The van der Waals surface area contributed by atoms with Crippen molar-refractivity contribution in [2.24, 2.45) is 0 Å². The molecule has 0 spiro atoms. The summed E-state index contributed by atoms with van der Waals surface area (Å²) >= 11 is 0. The Bertz CT molecular complexity index is 1230. The number of hydrogen-bond donors (Lipinski definition) is 3. The van der Waals surface area contributed by atoms with Crippen LogP contribution in [0.4, 0.5) is 0 Å². The minimum Gasteiger partial charge on any atom is -0.505 e. The lowest BCUT2D eigenvalue weighted by Crippen LogP contribution is -2.30. The molecule has 8 nitrogen and oxygen atoms in total. The van der Waals surface area contributed by atoms with Crippen LogP contribution in [0.3, 0.4) is 0 Å². The number of nitrogens with zero attached hydrogens (tertiary/aromatic N) is 2. The number of carboxylic acids is 1. The molecular formula is C22H19N3O5. The van der Waals surface area contributed by atoms with Gasteiger partial charge in [-0.2, -0.15) is 5.26 Å². The summed E-state index contributed by atoms with van der Waals surface area (Å²) in [5.74, 6) is -1.57. The summed E-state index contributed by atoms with van der Waals surface area (Å²) < 4.78 is 5.97. The van der Waals surface area contributed by atoms with Crippen molar-refractivity contribution in [2.75, 3.05) is 6.54 Å². The summed E-state index contributed by atoms with van der Waals surface area (Å²) in [6.45, 7) is 5.30. The van der Waals surface area contributed by atoms with E-state index in [1.807, 2.05) is 39.0 Å². The highest BCUT2D eigenvalue weighted by Gasteiger charge is 2.20. The molecule has 30 heavy (non-hydrogen) atoms. The highest BCUT2D eigenvalue weighted by Crippen LogP contribution is 2.35. The van der Waals surface area contributed by atoms with Gasteiger partial charge in [-0.05, 0) is 61.7 Å². The molecule has 0 aliphatic carbocycles. The van der Waals surface area contributed by atoms with Gasteiger partial charge in [-0.3, -0.25) is 9.59 Å². The summed E-state index contributed by atoms with van der Waals surface area (Å²) in [7, 11) is 0. The Morgan fingerprint density at radius 3 is 2.53 bits per heavy atom. The molecule has 1 aromatic heterocycles. The van der Waals surface area contributed by atoms with E-state index in [-0.39, 0.29) is 11.1 Å². The van der Waals surface area contributed by atoms with Crippen LogP contribution in [0.15, 0.2) is 30.3 Å². The van der Waals surface area contributed by atoms with Crippen molar-refractivity contribution in [1.29, 1.82) is 5.26 Å². The molecule has 152 valence electrons. The van der Waals surface area contributed by atoms with E-state index in [2.05, 4.69) is 10.3 Å². The van der Waals surface area contributed by atoms with E-state index < -0.39 is 29.9 Å². The largest absolute Gasteiger partial charge is 0.505 e. The third-order valence-corrected chi connectivity index (χ3v) is 4.91. The molecule has 8 heteroatoms. The van der Waals surface area contributed by atoms with Crippen LogP contribution in [-0.4, -0.2) is 33.6 Å². The molecule has 1 heterocycles. The van der Waals surface area contributed by atoms with Crippen LogP contribution < -0.4 is 10.1 Å². The van der Waals surface area contributed by atoms with Gasteiger partial charge in [0.25, 0.3) is 5.91 Å². The fourth-order valence-corrected chi connectivity index (χ4v) is 2.99. The minimum absolute atomic E-state index is 0.0721. The van der Waals surface area contributed by atoms with E-state index in [4.69, 9.17) is 9.84 Å². The summed E-state index contributed by atoms with van der Waals surface area (Å²) in [6.07, 6.45) is 0. The quantitative estimate of drug-likeness (QED) is 0.593. The topological polar surface area (TPSA) is 133 Å². The lowest BCUT2D eigenvalue weighted by molar-refractivity contribution is -0.135. The van der Waals surface area contributed by atoms with Crippen LogP contribution in [-0.2, 0) is 4.79 Å². The molecule has 0 radical (unpaired) electrons. The number of hydrogen-bond acceptors (Lipinski definition) is 6. The molecule has 1 amide bonds. The van der Waals surface area contributed by atoms with Gasteiger partial charge in [0.1, 0.15) is 29.8 Å². The van der Waals surface area contributed by atoms with Crippen LogP contribution in [0.25, 0.3) is 10.8 Å². The number of aromatic nitrogens is 1. The molecule has 0 aliphatic rings. The van der Waals surface area contributed by atoms with E-state index >= 15 is 0 Å². The van der Waals surface area contributed by atoms with Crippen LogP contribution in [0.2, 0.25) is 0 Å². The second-order valence-corrected chi connectivity index (χ2v) is 6.79. The second kappa shape index (κ2) is 8.09. The first kappa shape index (κ1) is 20.6. The number of benzene rings is 2. The van der Waals surface area contributed by atoms with Crippen LogP contribution in [0.1, 0.15) is 32.9 Å². The van der Waals surface area contributed by atoms with E-state index in [0.717, 1.165) is 16.7 Å². The van der Waals surface area contributed by atoms with E-state index in [0.29, 0.717) is 16.9 Å². The number of nitriles is 1. The van der Waals surface area contributed by atoms with Gasteiger partial charge in [-0.1, -0.05) is 6.07 Å². The molecule has 3 rings (SSSR count). The molecule has 3 aromatic rings. The van der Waals surface area contributed by atoms with Crippen LogP contribution in [0.5, 0.6) is 17.2 Å². The molecule has 2 aromatic carbocycles. The Hall–Kier alpha value is -4.12. The predicted octanol–water partition coefficient (Wildman–Crippen LogP) is 3.34. The van der Waals surface area contributed by atoms with Crippen molar-refractivity contribution < 1.29 is 24.5 Å². The van der Waals surface area contributed by atoms with Crippen LogP contribution >= 0.6 is 0 Å². The van der Waals surface area contributed by atoms with Crippen molar-refractivity contribution in [3.05, 3.63) is 58.4 Å². The number of aromatic hydroxyl groups is 1. The fraction of sp³-hybridized carbons (Fsp3) is 0.182. The number of carbonyl (C=O) groups is 2. The summed E-state index contributed by atoms with van der Waals surface area (Å²) in [6, 6.07) is 10.4. The van der Waals surface area contributed by atoms with Crippen molar-refractivity contribution >= 4 is 22.6 Å². The number of aryl methyl sites for hydroxylation is 1. The zero-order valence-electron chi connectivity index (χ0n) is 16.6. The molecule has 0 unspecified atom stereocenters. The number of aliphatic carboxylic acids is 1. The summed E-state index contributed by atoms with van der Waals surface area (Å²) in [5, 5.41) is 31.4. The molecule has 0 saturated carbocycles. The third-order valence-electron chi connectivity index (χ3n) is 4.91. The summed E-state index contributed by atoms with van der Waals surface area (Å²) in [5.41, 5.74) is 2.71. The number of amides is 1. The Morgan fingerprint density at radius 2 is 1.87 bits per heavy atom. The number of fused-ring (bicyclic) bond motifs is 1. The minimum atomic E-state index is -1.25. The van der Waals surface area contributed by atoms with Gasteiger partial charge in [-0.15, -0.1) is 0 Å². The molecule has 0 bridgehead atoms. The van der Waals surface area contributed by atoms with Gasteiger partial charge in [-0.25, -0.2) is 4.98 Å². The SMILES string of the molecule is Cc1ccc(Oc2ccc3c(C#N)nc(C(=O)NCC(=O)O)c(O)c3c2)c(C)c1C. The molecular weight excluding hydrogens is 386 g/mol. The highest BCUT2D eigenvalue weighted by atomic mass is 16.5. The van der Waals surface area contributed by atoms with Gasteiger partial charge >= 0.3 is 5.97 Å². The average Bonchev–Trinajstić information content (AvgIpc) is 2.73. The first-order valence-electron chi connectivity index (χ1n) is 9.04. The molecule has 0 saturated heterocycles. The first-order valence-corrected chi connectivity index (χ1v) is 9.04. The lowest BCUT2D eigenvalue weighted by atomic mass is 10.0. The highest BCUT2D eigenvalue weighted by molar-refractivity contribution is 6.04. The Labute approximate surface area is 172 Å². The zero-order chi connectivity index (χ0) is 22.0. The normalized spacial score (nSPS) is 10.5. The first-order chi connectivity index (χ1) is 14.2. The van der Waals surface area contributed by atoms with E-state index in [1.54, 1.807) is 12.1 Å². The van der Waals surface area contributed by atoms with Crippen molar-refractivity contribution in [1.82, 2.24) is 10.3 Å². The lowest BCUT2D eigenvalue weighted by Gasteiger charge is -2.14. The zero-order valence-corrected chi connectivity index (χ0v) is 16.6. The van der Waals surface area contributed by atoms with E-state index in [9.17, 15) is 20.0 Å². The van der Waals surface area contributed by atoms with Gasteiger partial charge in [0.05, 0.1) is 0 Å². The number of ether oxygens (including phenoxy) is 1. The van der Waals surface area contributed by atoms with Crippen LogP contribution in [0, 0.1) is 32.1 Å². The number of carboxylic acid groups (broad SMARTS) is 1. The Morgan fingerprint density at radius 1 is 1.13 bits per heavy atom. The number of nitrogens with one attached hydrogen (secondary N) is 1. The van der Waals surface area contributed by atoms with Gasteiger partial charge < -0.3 is 20.3 Å². The van der Waals surface area contributed by atoms with Crippen molar-refractivity contribution in [2.45, 2.75) is 20.8 Å². The van der Waals surface area contributed by atoms with Crippen molar-refractivity contribution in [3.8, 4) is 23.3 Å². The van der Waals surface area contributed by atoms with Gasteiger partial charge in [0, 0.05) is 10.8 Å². The Kier molecular flexibility index (Phi) is 5.56.